The molecule has 226 valence electrons. The molecule has 0 saturated carbocycles. The summed E-state index contributed by atoms with van der Waals surface area (Å²) in [6.07, 6.45) is 5.76. The number of amides is 1. The van der Waals surface area contributed by atoms with Crippen LogP contribution in [0.3, 0.4) is 0 Å². The maximum absolute atomic E-state index is 13.9. The van der Waals surface area contributed by atoms with Crippen LogP contribution in [0, 0.1) is 6.92 Å². The maximum Gasteiger partial charge on any atom is 0.293 e. The summed E-state index contributed by atoms with van der Waals surface area (Å²) in [5.74, 6) is -0.426. The molecule has 0 spiro atoms. The number of anilines is 1. The van der Waals surface area contributed by atoms with E-state index in [2.05, 4.69) is 20.6 Å². The summed E-state index contributed by atoms with van der Waals surface area (Å²) in [4.78, 5) is 34.1. The molecule has 0 saturated heterocycles. The zero-order valence-electron chi connectivity index (χ0n) is 24.5. The molecule has 3 heterocycles. The Hall–Kier alpha value is -4.29. The molecule has 2 aromatic carbocycles. The fraction of sp³-hybridized carbons (Fsp3) is 0.355. The number of carbonyl (C=O) groups excluding carboxylic acids is 2. The van der Waals surface area contributed by atoms with Crippen LogP contribution in [0.5, 0.6) is 0 Å². The molecule has 11 nitrogen and oxygen atoms in total. The van der Waals surface area contributed by atoms with Crippen molar-refractivity contribution in [3.63, 3.8) is 0 Å². The molecule has 12 heteroatoms. The third kappa shape index (κ3) is 6.70. The molecule has 1 amide bonds. The van der Waals surface area contributed by atoms with E-state index in [0.717, 1.165) is 39.8 Å². The highest BCUT2D eigenvalue weighted by atomic mass is 32.2. The average molecular weight is 605 g/mol. The summed E-state index contributed by atoms with van der Waals surface area (Å²) in [6.45, 7) is 5.27. The number of aryl methyl sites for hydroxylation is 3. The summed E-state index contributed by atoms with van der Waals surface area (Å²) < 4.78 is 34.6. The minimum Gasteiger partial charge on any atom is -0.461 e. The molecule has 1 aliphatic heterocycles. The summed E-state index contributed by atoms with van der Waals surface area (Å²) in [6, 6.07) is 12.5. The molecule has 0 fully saturated rings. The molecule has 0 aliphatic carbocycles. The van der Waals surface area contributed by atoms with Crippen LogP contribution >= 0.6 is 0 Å². The molecule has 2 aromatic heterocycles. The lowest BCUT2D eigenvalue weighted by atomic mass is 9.99. The zero-order chi connectivity index (χ0) is 30.6. The molecular formula is C31H36N6O5S. The molecule has 0 unspecified atom stereocenters. The number of rotatable bonds is 12. The van der Waals surface area contributed by atoms with Crippen LogP contribution < -0.4 is 14.9 Å². The second kappa shape index (κ2) is 12.9. The summed E-state index contributed by atoms with van der Waals surface area (Å²) >= 11 is 0. The fourth-order valence-electron chi connectivity index (χ4n) is 5.42. The Morgan fingerprint density at radius 1 is 1.16 bits per heavy atom. The summed E-state index contributed by atoms with van der Waals surface area (Å²) in [5.41, 5.74) is 5.11. The predicted molar refractivity (Wildman–Crippen MR) is 164 cm³/mol. The van der Waals surface area contributed by atoms with Crippen LogP contribution in [-0.2, 0) is 45.5 Å². The van der Waals surface area contributed by atoms with Crippen molar-refractivity contribution in [1.82, 2.24) is 25.2 Å². The monoisotopic (exact) mass is 604 g/mol. The first-order chi connectivity index (χ1) is 20.7. The maximum atomic E-state index is 13.9. The van der Waals surface area contributed by atoms with Crippen molar-refractivity contribution in [2.75, 3.05) is 23.7 Å². The van der Waals surface area contributed by atoms with Gasteiger partial charge in [0, 0.05) is 56.2 Å². The highest BCUT2D eigenvalue weighted by Crippen LogP contribution is 2.35. The molecular weight excluding hydrogens is 568 g/mol. The number of ether oxygens (including phenoxy) is 1. The van der Waals surface area contributed by atoms with Crippen molar-refractivity contribution >= 4 is 39.0 Å². The van der Waals surface area contributed by atoms with Gasteiger partial charge in [0.25, 0.3) is 12.4 Å². The standard InChI is InChI=1S/C31H36N6O5S/c1-4-23-19-37-10-11-43(40,41)36(3)28-14-24(13-26(23)30(28)37)31(39)35-27(12-22-8-6-5-7-9-22)29(42-20-38)18-32-16-25-17-33-21(2)15-34-25/h5-9,13-15,17,19-20,27,29,32H,4,10-12,16,18H2,1-3H3,(H,35,39)/t27-,29+/m0/s1. The number of nitrogens with one attached hydrogen (secondary N) is 2. The second-order valence-electron chi connectivity index (χ2n) is 10.7. The number of carbonyl (C=O) groups is 2. The number of benzene rings is 2. The lowest BCUT2D eigenvalue weighted by Crippen LogP contribution is -2.50. The minimum atomic E-state index is -3.56. The van der Waals surface area contributed by atoms with Gasteiger partial charge in [-0.3, -0.25) is 23.9 Å². The summed E-state index contributed by atoms with van der Waals surface area (Å²) in [5, 5.41) is 7.19. The van der Waals surface area contributed by atoms with Gasteiger partial charge in [-0.15, -0.1) is 0 Å². The molecule has 2 N–H and O–H groups in total. The van der Waals surface area contributed by atoms with Crippen LogP contribution in [-0.4, -0.2) is 66.8 Å². The number of nitrogens with zero attached hydrogens (tertiary/aromatic N) is 4. The Morgan fingerprint density at radius 2 is 1.95 bits per heavy atom. The van der Waals surface area contributed by atoms with E-state index in [1.54, 1.807) is 18.5 Å². The van der Waals surface area contributed by atoms with E-state index in [4.69, 9.17) is 4.74 Å². The van der Waals surface area contributed by atoms with Crippen molar-refractivity contribution in [1.29, 1.82) is 0 Å². The first kappa shape index (κ1) is 30.2. The zero-order valence-corrected chi connectivity index (χ0v) is 25.3. The van der Waals surface area contributed by atoms with Crippen LogP contribution in [0.4, 0.5) is 5.69 Å². The largest absolute Gasteiger partial charge is 0.461 e. The lowest BCUT2D eigenvalue weighted by Gasteiger charge is -2.27. The van der Waals surface area contributed by atoms with Crippen molar-refractivity contribution in [3.05, 3.63) is 89.1 Å². The van der Waals surface area contributed by atoms with Crippen LogP contribution in [0.1, 0.15) is 39.8 Å². The minimum absolute atomic E-state index is 0.0301. The topological polar surface area (TPSA) is 136 Å². The Bertz CT molecular complexity index is 1710. The van der Waals surface area contributed by atoms with Crippen molar-refractivity contribution in [2.24, 2.45) is 0 Å². The molecule has 5 rings (SSSR count). The SMILES string of the molecule is CCc1cn2c3c(cc(C(=O)N[C@@H](Cc4ccccc4)[C@@H](CNCc4cnc(C)cn4)OC=O)cc13)N(C)S(=O)(=O)CC2. The first-order valence-corrected chi connectivity index (χ1v) is 15.9. The second-order valence-corrected chi connectivity index (χ2v) is 12.8. The number of aromatic nitrogens is 3. The van der Waals surface area contributed by atoms with Gasteiger partial charge in [-0.05, 0) is 43.0 Å². The van der Waals surface area contributed by atoms with Gasteiger partial charge in [-0.25, -0.2) is 8.42 Å². The van der Waals surface area contributed by atoms with E-state index < -0.39 is 28.1 Å². The Labute approximate surface area is 251 Å². The molecule has 4 aromatic rings. The van der Waals surface area contributed by atoms with Gasteiger partial charge in [0.2, 0.25) is 10.0 Å². The van der Waals surface area contributed by atoms with E-state index in [9.17, 15) is 18.0 Å². The quantitative estimate of drug-likeness (QED) is 0.236. The van der Waals surface area contributed by atoms with E-state index in [-0.39, 0.29) is 12.3 Å². The van der Waals surface area contributed by atoms with E-state index in [1.165, 1.54) is 11.4 Å². The van der Waals surface area contributed by atoms with Gasteiger partial charge in [0.05, 0.1) is 34.4 Å². The Balaban J connectivity index is 1.45. The van der Waals surface area contributed by atoms with Gasteiger partial charge in [-0.1, -0.05) is 37.3 Å². The number of hydrogen-bond donors (Lipinski definition) is 2. The molecule has 0 radical (unpaired) electrons. The molecule has 2 atom stereocenters. The average Bonchev–Trinajstić information content (AvgIpc) is 3.33. The van der Waals surface area contributed by atoms with Gasteiger partial charge in [0.15, 0.2) is 0 Å². The van der Waals surface area contributed by atoms with Crippen LogP contribution in [0.25, 0.3) is 10.9 Å². The van der Waals surface area contributed by atoms with E-state index in [0.29, 0.717) is 37.2 Å². The van der Waals surface area contributed by atoms with Crippen LogP contribution in [0.15, 0.2) is 61.1 Å². The lowest BCUT2D eigenvalue weighted by molar-refractivity contribution is -0.134. The summed E-state index contributed by atoms with van der Waals surface area (Å²) in [7, 11) is -2.04. The van der Waals surface area contributed by atoms with E-state index >= 15 is 0 Å². The normalized spacial score (nSPS) is 15.5. The predicted octanol–water partition coefficient (Wildman–Crippen LogP) is 2.75. The van der Waals surface area contributed by atoms with Crippen LogP contribution in [0.2, 0.25) is 0 Å². The molecule has 0 bridgehead atoms. The van der Waals surface area contributed by atoms with E-state index in [1.807, 2.05) is 61.0 Å². The Morgan fingerprint density at radius 3 is 2.65 bits per heavy atom. The van der Waals surface area contributed by atoms with Crippen molar-refractivity contribution in [3.8, 4) is 0 Å². The van der Waals surface area contributed by atoms with Gasteiger partial charge >= 0.3 is 0 Å². The highest BCUT2D eigenvalue weighted by Gasteiger charge is 2.30. The Kier molecular flexibility index (Phi) is 9.07. The molecule has 43 heavy (non-hydrogen) atoms. The third-order valence-corrected chi connectivity index (χ3v) is 9.53. The smallest absolute Gasteiger partial charge is 0.293 e. The van der Waals surface area contributed by atoms with Gasteiger partial charge in [-0.2, -0.15) is 0 Å². The molecule has 1 aliphatic rings. The van der Waals surface area contributed by atoms with Gasteiger partial charge < -0.3 is 19.9 Å². The van der Waals surface area contributed by atoms with Gasteiger partial charge in [0.1, 0.15) is 6.10 Å². The number of sulfonamides is 1. The van der Waals surface area contributed by atoms with Crippen molar-refractivity contribution in [2.45, 2.75) is 51.9 Å². The fourth-order valence-corrected chi connectivity index (χ4v) is 6.56. The highest BCUT2D eigenvalue weighted by molar-refractivity contribution is 7.92. The van der Waals surface area contributed by atoms with Crippen molar-refractivity contribution < 1.29 is 22.7 Å². The first-order valence-electron chi connectivity index (χ1n) is 14.2. The third-order valence-electron chi connectivity index (χ3n) is 7.80. The number of hydrogen-bond acceptors (Lipinski definition) is 8.